The van der Waals surface area contributed by atoms with Crippen LogP contribution < -0.4 is 5.32 Å². The largest absolute Gasteiger partial charge is 0.478 e. The van der Waals surface area contributed by atoms with E-state index in [2.05, 4.69) is 15.3 Å². The first-order chi connectivity index (χ1) is 9.74. The van der Waals surface area contributed by atoms with Gasteiger partial charge in [-0.1, -0.05) is 36.4 Å². The summed E-state index contributed by atoms with van der Waals surface area (Å²) in [6, 6.07) is 13.9. The number of hydrogen-bond acceptors (Lipinski definition) is 4. The molecular formula is C15H11N3O2. The molecule has 0 unspecified atom stereocenters. The topological polar surface area (TPSA) is 75.1 Å². The zero-order valence-corrected chi connectivity index (χ0v) is 10.4. The molecule has 1 aromatic heterocycles. The second-order valence-corrected chi connectivity index (χ2v) is 4.25. The third-order valence-electron chi connectivity index (χ3n) is 2.93. The van der Waals surface area contributed by atoms with Crippen LogP contribution in [0.1, 0.15) is 10.4 Å². The first kappa shape index (κ1) is 12.1. The van der Waals surface area contributed by atoms with Crippen molar-refractivity contribution >= 4 is 28.4 Å². The van der Waals surface area contributed by atoms with Crippen LogP contribution in [-0.4, -0.2) is 21.0 Å². The van der Waals surface area contributed by atoms with Gasteiger partial charge in [-0.15, -0.1) is 0 Å². The molecule has 0 atom stereocenters. The number of aromatic carboxylic acids is 1. The molecule has 0 aliphatic rings. The van der Waals surface area contributed by atoms with E-state index in [1.807, 2.05) is 42.5 Å². The second kappa shape index (κ2) is 4.97. The molecule has 5 heteroatoms. The molecule has 0 saturated heterocycles. The van der Waals surface area contributed by atoms with Crippen LogP contribution in [0.15, 0.2) is 54.9 Å². The Kier molecular flexibility index (Phi) is 3.01. The standard InChI is InChI=1S/C15H11N3O2/c19-14(20)11-8-16-15(17-9-11)18-13-7-3-5-10-4-1-2-6-12(10)13/h1-9H,(H,19,20)(H,16,17,18). The number of benzene rings is 2. The molecule has 0 aliphatic heterocycles. The van der Waals surface area contributed by atoms with Gasteiger partial charge in [-0.05, 0) is 11.5 Å². The summed E-state index contributed by atoms with van der Waals surface area (Å²) >= 11 is 0. The van der Waals surface area contributed by atoms with E-state index in [0.29, 0.717) is 5.95 Å². The number of nitrogens with one attached hydrogen (secondary N) is 1. The first-order valence-corrected chi connectivity index (χ1v) is 6.04. The maximum Gasteiger partial charge on any atom is 0.338 e. The highest BCUT2D eigenvalue weighted by Gasteiger charge is 2.05. The van der Waals surface area contributed by atoms with E-state index in [4.69, 9.17) is 5.11 Å². The van der Waals surface area contributed by atoms with Gasteiger partial charge < -0.3 is 10.4 Å². The Balaban J connectivity index is 1.95. The van der Waals surface area contributed by atoms with Gasteiger partial charge in [-0.25, -0.2) is 14.8 Å². The zero-order valence-electron chi connectivity index (χ0n) is 10.4. The molecule has 1 heterocycles. The van der Waals surface area contributed by atoms with Crippen LogP contribution in [0.2, 0.25) is 0 Å². The van der Waals surface area contributed by atoms with E-state index in [1.54, 1.807) is 0 Å². The Morgan fingerprint density at radius 3 is 2.45 bits per heavy atom. The third-order valence-corrected chi connectivity index (χ3v) is 2.93. The fourth-order valence-corrected chi connectivity index (χ4v) is 1.96. The number of fused-ring (bicyclic) bond motifs is 1. The average Bonchev–Trinajstić information content (AvgIpc) is 2.48. The molecule has 3 aromatic rings. The molecular weight excluding hydrogens is 254 g/mol. The number of aromatic nitrogens is 2. The van der Waals surface area contributed by atoms with E-state index in [-0.39, 0.29) is 5.56 Å². The summed E-state index contributed by atoms with van der Waals surface area (Å²) in [5.41, 5.74) is 0.944. The van der Waals surface area contributed by atoms with Crippen molar-refractivity contribution < 1.29 is 9.90 Å². The lowest BCUT2D eigenvalue weighted by atomic mass is 10.1. The molecule has 98 valence electrons. The maximum absolute atomic E-state index is 10.7. The van der Waals surface area contributed by atoms with Gasteiger partial charge in [0.25, 0.3) is 0 Å². The van der Waals surface area contributed by atoms with Crippen LogP contribution in [0.25, 0.3) is 10.8 Å². The van der Waals surface area contributed by atoms with Crippen LogP contribution in [0.4, 0.5) is 11.6 Å². The summed E-state index contributed by atoms with van der Waals surface area (Å²) in [6.45, 7) is 0. The van der Waals surface area contributed by atoms with E-state index in [1.165, 1.54) is 12.4 Å². The quantitative estimate of drug-likeness (QED) is 0.761. The van der Waals surface area contributed by atoms with Crippen molar-refractivity contribution in [2.24, 2.45) is 0 Å². The molecule has 20 heavy (non-hydrogen) atoms. The number of rotatable bonds is 3. The number of carboxylic acid groups (broad SMARTS) is 1. The van der Waals surface area contributed by atoms with Gasteiger partial charge in [-0.3, -0.25) is 0 Å². The van der Waals surface area contributed by atoms with Gasteiger partial charge in [-0.2, -0.15) is 0 Å². The third kappa shape index (κ3) is 2.29. The Labute approximate surface area is 114 Å². The Morgan fingerprint density at radius 2 is 1.70 bits per heavy atom. The summed E-state index contributed by atoms with van der Waals surface area (Å²) in [6.07, 6.45) is 2.56. The highest BCUT2D eigenvalue weighted by atomic mass is 16.4. The summed E-state index contributed by atoms with van der Waals surface area (Å²) in [7, 11) is 0. The van der Waals surface area contributed by atoms with Crippen molar-refractivity contribution in [3.05, 3.63) is 60.4 Å². The Bertz CT molecular complexity index is 764. The molecule has 0 aliphatic carbocycles. The van der Waals surface area contributed by atoms with E-state index >= 15 is 0 Å². The van der Waals surface area contributed by atoms with Crippen molar-refractivity contribution in [1.82, 2.24) is 9.97 Å². The molecule has 0 radical (unpaired) electrons. The summed E-state index contributed by atoms with van der Waals surface area (Å²) in [5.74, 6) is -0.673. The second-order valence-electron chi connectivity index (χ2n) is 4.25. The van der Waals surface area contributed by atoms with Crippen molar-refractivity contribution in [3.63, 3.8) is 0 Å². The number of hydrogen-bond donors (Lipinski definition) is 2. The highest BCUT2D eigenvalue weighted by Crippen LogP contribution is 2.24. The normalized spacial score (nSPS) is 10.4. The number of carbonyl (C=O) groups is 1. The lowest BCUT2D eigenvalue weighted by Crippen LogP contribution is -2.02. The average molecular weight is 265 g/mol. The highest BCUT2D eigenvalue weighted by molar-refractivity contribution is 5.95. The van der Waals surface area contributed by atoms with Crippen molar-refractivity contribution in [3.8, 4) is 0 Å². The maximum atomic E-state index is 10.7. The molecule has 0 spiro atoms. The Morgan fingerprint density at radius 1 is 1.00 bits per heavy atom. The van der Waals surface area contributed by atoms with Crippen molar-refractivity contribution in [2.45, 2.75) is 0 Å². The van der Waals surface area contributed by atoms with Crippen molar-refractivity contribution in [2.75, 3.05) is 5.32 Å². The van der Waals surface area contributed by atoms with Crippen LogP contribution in [-0.2, 0) is 0 Å². The zero-order chi connectivity index (χ0) is 13.9. The van der Waals surface area contributed by atoms with Crippen molar-refractivity contribution in [1.29, 1.82) is 0 Å². The molecule has 0 bridgehead atoms. The molecule has 2 aromatic carbocycles. The van der Waals surface area contributed by atoms with Crippen LogP contribution in [0, 0.1) is 0 Å². The fourth-order valence-electron chi connectivity index (χ4n) is 1.96. The van der Waals surface area contributed by atoms with Crippen LogP contribution >= 0.6 is 0 Å². The molecule has 0 amide bonds. The number of carboxylic acids is 1. The summed E-state index contributed by atoms with van der Waals surface area (Å²) < 4.78 is 0. The molecule has 0 fully saturated rings. The van der Waals surface area contributed by atoms with Gasteiger partial charge in [0.2, 0.25) is 5.95 Å². The van der Waals surface area contributed by atoms with E-state index < -0.39 is 5.97 Å². The molecule has 5 nitrogen and oxygen atoms in total. The first-order valence-electron chi connectivity index (χ1n) is 6.04. The van der Waals surface area contributed by atoms with Crippen LogP contribution in [0.3, 0.4) is 0 Å². The van der Waals surface area contributed by atoms with Gasteiger partial charge in [0.15, 0.2) is 0 Å². The van der Waals surface area contributed by atoms with Gasteiger partial charge in [0.05, 0.1) is 5.56 Å². The fraction of sp³-hybridized carbons (Fsp3) is 0. The minimum atomic E-state index is -1.04. The van der Waals surface area contributed by atoms with E-state index in [0.717, 1.165) is 16.5 Å². The molecule has 3 rings (SSSR count). The lowest BCUT2D eigenvalue weighted by molar-refractivity contribution is 0.0696. The summed E-state index contributed by atoms with van der Waals surface area (Å²) in [4.78, 5) is 18.7. The van der Waals surface area contributed by atoms with Crippen LogP contribution in [0.5, 0.6) is 0 Å². The monoisotopic (exact) mass is 265 g/mol. The SMILES string of the molecule is O=C(O)c1cnc(Nc2cccc3ccccc23)nc1. The van der Waals surface area contributed by atoms with Gasteiger partial charge in [0, 0.05) is 23.5 Å². The number of nitrogens with zero attached hydrogens (tertiary/aromatic N) is 2. The number of anilines is 2. The molecule has 0 saturated carbocycles. The van der Waals surface area contributed by atoms with Gasteiger partial charge in [0.1, 0.15) is 0 Å². The molecule has 2 N–H and O–H groups in total. The lowest BCUT2D eigenvalue weighted by Gasteiger charge is -2.08. The minimum Gasteiger partial charge on any atom is -0.478 e. The Hall–Kier alpha value is -2.95. The van der Waals surface area contributed by atoms with E-state index in [9.17, 15) is 4.79 Å². The summed E-state index contributed by atoms with van der Waals surface area (Å²) in [5, 5.41) is 14.1. The van der Waals surface area contributed by atoms with Gasteiger partial charge >= 0.3 is 5.97 Å². The predicted octanol–water partition coefficient (Wildman–Crippen LogP) is 3.07. The minimum absolute atomic E-state index is 0.0634. The predicted molar refractivity (Wildman–Crippen MR) is 76.2 cm³/mol. The smallest absolute Gasteiger partial charge is 0.338 e.